The monoisotopic (exact) mass is 376 g/mol. The molecule has 2 rings (SSSR count). The fourth-order valence-electron chi connectivity index (χ4n) is 1.44. The normalized spacial score (nSPS) is 10.4. The quantitative estimate of drug-likeness (QED) is 0.779. The van der Waals surface area contributed by atoms with Crippen molar-refractivity contribution >= 4 is 34.2 Å². The molecule has 0 amide bonds. The zero-order valence-electron chi connectivity index (χ0n) is 9.68. The van der Waals surface area contributed by atoms with Gasteiger partial charge in [-0.2, -0.15) is 0 Å². The molecule has 0 spiro atoms. The van der Waals surface area contributed by atoms with Gasteiger partial charge in [0.25, 0.3) is 0 Å². The number of aromatic nitrogens is 3. The van der Waals surface area contributed by atoms with E-state index in [1.165, 1.54) is 23.0 Å². The number of benzene rings is 1. The first kappa shape index (κ1) is 13.7. The first-order valence-electron chi connectivity index (χ1n) is 5.38. The van der Waals surface area contributed by atoms with E-state index in [2.05, 4.69) is 15.6 Å². The van der Waals surface area contributed by atoms with E-state index in [1.807, 2.05) is 22.6 Å². The fourth-order valence-corrected chi connectivity index (χ4v) is 2.11. The molecule has 0 saturated heterocycles. The van der Waals surface area contributed by atoms with Crippen LogP contribution in [-0.2, 0) is 6.54 Å². The summed E-state index contributed by atoms with van der Waals surface area (Å²) in [6.45, 7) is 0.998. The van der Waals surface area contributed by atoms with Crippen LogP contribution in [0.15, 0.2) is 24.4 Å². The van der Waals surface area contributed by atoms with E-state index in [4.69, 9.17) is 5.11 Å². The number of hydrogen-bond acceptors (Lipinski definition) is 4. The Labute approximate surface area is 121 Å². The number of carbonyl (C=O) groups is 1. The lowest BCUT2D eigenvalue weighted by atomic mass is 10.3. The first-order chi connectivity index (χ1) is 9.06. The van der Waals surface area contributed by atoms with Gasteiger partial charge in [-0.1, -0.05) is 5.21 Å². The number of halogens is 2. The second-order valence-electron chi connectivity index (χ2n) is 3.72. The predicted octanol–water partition coefficient (Wildman–Crippen LogP) is 1.83. The number of carboxylic acid groups (broad SMARTS) is 1. The molecule has 0 aliphatic carbocycles. The largest absolute Gasteiger partial charge is 0.476 e. The van der Waals surface area contributed by atoms with E-state index >= 15 is 0 Å². The summed E-state index contributed by atoms with van der Waals surface area (Å²) < 4.78 is 15.1. The molecule has 19 heavy (non-hydrogen) atoms. The van der Waals surface area contributed by atoms with Crippen LogP contribution in [-0.4, -0.2) is 32.6 Å². The lowest BCUT2D eigenvalue weighted by molar-refractivity contribution is 0.0690. The molecule has 100 valence electrons. The van der Waals surface area contributed by atoms with Gasteiger partial charge in [-0.05, 0) is 40.8 Å². The van der Waals surface area contributed by atoms with Crippen LogP contribution >= 0.6 is 22.6 Å². The van der Waals surface area contributed by atoms with E-state index in [0.717, 1.165) is 9.26 Å². The topological polar surface area (TPSA) is 80.0 Å². The summed E-state index contributed by atoms with van der Waals surface area (Å²) in [6, 6.07) is 4.46. The van der Waals surface area contributed by atoms with Crippen LogP contribution in [0.3, 0.4) is 0 Å². The van der Waals surface area contributed by atoms with E-state index in [9.17, 15) is 9.18 Å². The minimum atomic E-state index is -1.10. The molecule has 2 aromatic rings. The molecule has 0 aliphatic rings. The molecule has 1 heterocycles. The number of nitrogens with zero attached hydrogens (tertiary/aromatic N) is 3. The van der Waals surface area contributed by atoms with E-state index in [1.54, 1.807) is 6.07 Å². The van der Waals surface area contributed by atoms with Gasteiger partial charge < -0.3 is 10.4 Å². The van der Waals surface area contributed by atoms with Crippen molar-refractivity contribution in [1.82, 2.24) is 15.0 Å². The van der Waals surface area contributed by atoms with Crippen LogP contribution in [0.4, 0.5) is 10.1 Å². The van der Waals surface area contributed by atoms with Crippen molar-refractivity contribution in [2.45, 2.75) is 6.54 Å². The maximum absolute atomic E-state index is 12.9. The minimum Gasteiger partial charge on any atom is -0.476 e. The zero-order valence-corrected chi connectivity index (χ0v) is 11.8. The molecule has 8 heteroatoms. The summed E-state index contributed by atoms with van der Waals surface area (Å²) in [6.07, 6.45) is 1.36. The van der Waals surface area contributed by atoms with Gasteiger partial charge >= 0.3 is 5.97 Å². The van der Waals surface area contributed by atoms with E-state index < -0.39 is 5.97 Å². The average Bonchev–Trinajstić information content (AvgIpc) is 2.81. The molecule has 0 atom stereocenters. The molecule has 0 bridgehead atoms. The zero-order chi connectivity index (χ0) is 13.8. The van der Waals surface area contributed by atoms with Crippen LogP contribution < -0.4 is 5.32 Å². The maximum atomic E-state index is 12.9. The molecule has 0 unspecified atom stereocenters. The average molecular weight is 376 g/mol. The van der Waals surface area contributed by atoms with Crippen molar-refractivity contribution < 1.29 is 14.3 Å². The Hall–Kier alpha value is -1.71. The first-order valence-corrected chi connectivity index (χ1v) is 6.46. The third-order valence-corrected chi connectivity index (χ3v) is 3.24. The van der Waals surface area contributed by atoms with Crippen molar-refractivity contribution in [2.24, 2.45) is 0 Å². The van der Waals surface area contributed by atoms with Gasteiger partial charge in [0, 0.05) is 15.8 Å². The Kier molecular flexibility index (Phi) is 4.30. The van der Waals surface area contributed by atoms with Crippen LogP contribution in [0.1, 0.15) is 10.5 Å². The van der Waals surface area contributed by atoms with Gasteiger partial charge in [0.15, 0.2) is 5.69 Å². The van der Waals surface area contributed by atoms with Crippen LogP contribution in [0.2, 0.25) is 0 Å². The predicted molar refractivity (Wildman–Crippen MR) is 74.6 cm³/mol. The molecular weight excluding hydrogens is 366 g/mol. The number of rotatable bonds is 5. The maximum Gasteiger partial charge on any atom is 0.358 e. The highest BCUT2D eigenvalue weighted by Crippen LogP contribution is 2.18. The van der Waals surface area contributed by atoms with Gasteiger partial charge in [-0.25, -0.2) is 13.9 Å². The van der Waals surface area contributed by atoms with E-state index in [-0.39, 0.29) is 11.5 Å². The van der Waals surface area contributed by atoms with Gasteiger partial charge in [0.2, 0.25) is 0 Å². The molecule has 0 fully saturated rings. The molecule has 6 nitrogen and oxygen atoms in total. The Morgan fingerprint density at radius 3 is 2.95 bits per heavy atom. The van der Waals surface area contributed by atoms with Crippen molar-refractivity contribution in [2.75, 3.05) is 11.9 Å². The van der Waals surface area contributed by atoms with Crippen LogP contribution in [0.5, 0.6) is 0 Å². The highest BCUT2D eigenvalue weighted by Gasteiger charge is 2.07. The van der Waals surface area contributed by atoms with Crippen molar-refractivity contribution in [3.8, 4) is 0 Å². The number of aromatic carboxylic acids is 1. The number of anilines is 1. The lowest BCUT2D eigenvalue weighted by Gasteiger charge is -2.08. The summed E-state index contributed by atoms with van der Waals surface area (Å²) in [5.41, 5.74) is 0.733. The number of nitrogens with one attached hydrogen (secondary N) is 1. The summed E-state index contributed by atoms with van der Waals surface area (Å²) in [5, 5.41) is 19.0. The molecule has 1 aromatic heterocycles. The smallest absolute Gasteiger partial charge is 0.358 e. The van der Waals surface area contributed by atoms with Gasteiger partial charge in [-0.15, -0.1) is 5.10 Å². The standard InChI is InChI=1S/C11H10FIN4O2/c12-7-1-2-9(8(13)5-7)14-3-4-17-6-10(11(18)19)15-16-17/h1-2,5-6,14H,3-4H2,(H,18,19). The van der Waals surface area contributed by atoms with E-state index in [0.29, 0.717) is 13.1 Å². The van der Waals surface area contributed by atoms with Crippen molar-refractivity contribution in [3.05, 3.63) is 39.5 Å². The lowest BCUT2D eigenvalue weighted by Crippen LogP contribution is -2.11. The van der Waals surface area contributed by atoms with Crippen LogP contribution in [0.25, 0.3) is 0 Å². The van der Waals surface area contributed by atoms with Gasteiger partial charge in [0.05, 0.1) is 12.7 Å². The number of carboxylic acids is 1. The number of hydrogen-bond donors (Lipinski definition) is 2. The highest BCUT2D eigenvalue weighted by atomic mass is 127. The highest BCUT2D eigenvalue weighted by molar-refractivity contribution is 14.1. The van der Waals surface area contributed by atoms with Crippen molar-refractivity contribution in [1.29, 1.82) is 0 Å². The summed E-state index contributed by atoms with van der Waals surface area (Å²) >= 11 is 2.04. The summed E-state index contributed by atoms with van der Waals surface area (Å²) in [5.74, 6) is -1.38. The molecule has 2 N–H and O–H groups in total. The third-order valence-electron chi connectivity index (χ3n) is 2.35. The molecular formula is C11H10FIN4O2. The molecule has 1 aromatic carbocycles. The second kappa shape index (κ2) is 5.95. The Morgan fingerprint density at radius 2 is 2.32 bits per heavy atom. The van der Waals surface area contributed by atoms with Crippen LogP contribution in [0, 0.1) is 9.39 Å². The minimum absolute atomic E-state index is 0.0867. The molecule has 0 radical (unpaired) electrons. The molecule has 0 aliphatic heterocycles. The van der Waals surface area contributed by atoms with Crippen molar-refractivity contribution in [3.63, 3.8) is 0 Å². The third kappa shape index (κ3) is 3.63. The SMILES string of the molecule is O=C(O)c1cn(CCNc2ccc(F)cc2I)nn1. The molecule has 0 saturated carbocycles. The second-order valence-corrected chi connectivity index (χ2v) is 4.89. The summed E-state index contributed by atoms with van der Waals surface area (Å²) in [4.78, 5) is 10.6. The Morgan fingerprint density at radius 1 is 1.53 bits per heavy atom. The summed E-state index contributed by atoms with van der Waals surface area (Å²) in [7, 11) is 0. The fraction of sp³-hybridized carbons (Fsp3) is 0.182. The Balaban J connectivity index is 1.90. The van der Waals surface area contributed by atoms with Gasteiger partial charge in [-0.3, -0.25) is 0 Å². The van der Waals surface area contributed by atoms with Gasteiger partial charge in [0.1, 0.15) is 5.82 Å². The Bertz CT molecular complexity index is 602.